The molecule has 0 aliphatic rings. The summed E-state index contributed by atoms with van der Waals surface area (Å²) >= 11 is 0. The van der Waals surface area contributed by atoms with Crippen molar-refractivity contribution in [2.45, 2.75) is 32.6 Å². The van der Waals surface area contributed by atoms with E-state index in [9.17, 15) is 14.7 Å². The van der Waals surface area contributed by atoms with Crippen molar-refractivity contribution in [2.24, 2.45) is 0 Å². The number of nitrogens with one attached hydrogen (secondary N) is 2. The molecule has 1 aromatic carbocycles. The number of hydrogen-bond acceptors (Lipinski definition) is 5. The predicted octanol–water partition coefficient (Wildman–Crippen LogP) is 2.28. The van der Waals surface area contributed by atoms with Crippen LogP contribution in [0.5, 0.6) is 5.75 Å². The van der Waals surface area contributed by atoms with Gasteiger partial charge in [0.05, 0.1) is 0 Å². The van der Waals surface area contributed by atoms with Gasteiger partial charge in [-0.05, 0) is 43.5 Å². The lowest BCUT2D eigenvalue weighted by molar-refractivity contribution is -0.137. The van der Waals surface area contributed by atoms with Crippen LogP contribution in [0.15, 0.2) is 30.0 Å². The summed E-state index contributed by atoms with van der Waals surface area (Å²) in [5, 5.41) is 32.4. The number of phenols is 1. The summed E-state index contributed by atoms with van der Waals surface area (Å²) in [7, 11) is 0. The zero-order valence-electron chi connectivity index (χ0n) is 13.5. The first-order chi connectivity index (χ1) is 11.4. The fourth-order valence-corrected chi connectivity index (χ4v) is 1.98. The first-order valence-corrected chi connectivity index (χ1v) is 7.60. The van der Waals surface area contributed by atoms with Crippen molar-refractivity contribution in [3.63, 3.8) is 0 Å². The fraction of sp³-hybridized carbons (Fsp3) is 0.353. The number of unbranched alkanes of at least 4 members (excludes halogenated alkanes) is 2. The summed E-state index contributed by atoms with van der Waals surface area (Å²) in [6, 6.07) is 6.36. The number of phenolic OH excluding ortho intramolecular Hbond substituents is 1. The number of hydrogen-bond donors (Lipinski definition) is 4. The van der Waals surface area contributed by atoms with E-state index in [-0.39, 0.29) is 17.7 Å². The number of carboxylic acids is 1. The van der Waals surface area contributed by atoms with E-state index in [2.05, 4.69) is 10.6 Å². The van der Waals surface area contributed by atoms with Gasteiger partial charge in [0.25, 0.3) is 5.91 Å². The fourth-order valence-electron chi connectivity index (χ4n) is 1.98. The second-order valence-corrected chi connectivity index (χ2v) is 5.28. The van der Waals surface area contributed by atoms with Crippen LogP contribution < -0.4 is 10.6 Å². The molecule has 7 heteroatoms. The van der Waals surface area contributed by atoms with Gasteiger partial charge in [-0.2, -0.15) is 5.26 Å². The Morgan fingerprint density at radius 3 is 2.67 bits per heavy atom. The zero-order valence-corrected chi connectivity index (χ0v) is 13.5. The molecule has 1 aromatic rings. The van der Waals surface area contributed by atoms with Crippen LogP contribution >= 0.6 is 0 Å². The first-order valence-electron chi connectivity index (χ1n) is 7.60. The normalized spacial score (nSPS) is 10.8. The Morgan fingerprint density at radius 1 is 1.29 bits per heavy atom. The van der Waals surface area contributed by atoms with Gasteiger partial charge in [-0.1, -0.05) is 6.42 Å². The molecule has 0 fully saturated rings. The topological polar surface area (TPSA) is 122 Å². The maximum absolute atomic E-state index is 12.1. The van der Waals surface area contributed by atoms with Gasteiger partial charge in [0.2, 0.25) is 0 Å². The van der Waals surface area contributed by atoms with Gasteiger partial charge >= 0.3 is 5.97 Å². The summed E-state index contributed by atoms with van der Waals surface area (Å²) in [4.78, 5) is 22.4. The SMILES string of the molecule is Cc1cc(O)ccc1NC(=O)/C(C#N)=C\NCCCCCC(=O)O. The van der Waals surface area contributed by atoms with Crippen LogP contribution in [0, 0.1) is 18.3 Å². The Hall–Kier alpha value is -3.01. The zero-order chi connectivity index (χ0) is 17.9. The molecule has 0 aliphatic heterocycles. The van der Waals surface area contributed by atoms with Gasteiger partial charge in [-0.3, -0.25) is 9.59 Å². The van der Waals surface area contributed by atoms with Crippen LogP contribution in [-0.2, 0) is 9.59 Å². The van der Waals surface area contributed by atoms with Crippen molar-refractivity contribution in [2.75, 3.05) is 11.9 Å². The number of carbonyl (C=O) groups excluding carboxylic acids is 1. The van der Waals surface area contributed by atoms with Crippen LogP contribution in [-0.4, -0.2) is 28.6 Å². The van der Waals surface area contributed by atoms with E-state index in [1.54, 1.807) is 13.0 Å². The van der Waals surface area contributed by atoms with Crippen molar-refractivity contribution in [3.8, 4) is 11.8 Å². The molecule has 128 valence electrons. The van der Waals surface area contributed by atoms with E-state index in [4.69, 9.17) is 10.4 Å². The third-order valence-electron chi connectivity index (χ3n) is 3.28. The molecular formula is C17H21N3O4. The summed E-state index contributed by atoms with van der Waals surface area (Å²) < 4.78 is 0. The quantitative estimate of drug-likeness (QED) is 0.238. The minimum Gasteiger partial charge on any atom is -0.508 e. The molecule has 0 saturated heterocycles. The van der Waals surface area contributed by atoms with Crippen LogP contribution in [0.3, 0.4) is 0 Å². The number of carboxylic acid groups (broad SMARTS) is 1. The minimum absolute atomic E-state index is 0.0620. The van der Waals surface area contributed by atoms with Crippen molar-refractivity contribution in [3.05, 3.63) is 35.5 Å². The lowest BCUT2D eigenvalue weighted by Gasteiger charge is -2.08. The molecule has 24 heavy (non-hydrogen) atoms. The lowest BCUT2D eigenvalue weighted by atomic mass is 10.1. The summed E-state index contributed by atoms with van der Waals surface area (Å²) in [6.45, 7) is 2.29. The predicted molar refractivity (Wildman–Crippen MR) is 89.3 cm³/mol. The Bertz CT molecular complexity index is 662. The van der Waals surface area contributed by atoms with E-state index < -0.39 is 11.9 Å². The molecule has 4 N–H and O–H groups in total. The van der Waals surface area contributed by atoms with Crippen molar-refractivity contribution < 1.29 is 19.8 Å². The molecule has 1 amide bonds. The highest BCUT2D eigenvalue weighted by molar-refractivity contribution is 6.06. The number of nitriles is 1. The second-order valence-electron chi connectivity index (χ2n) is 5.28. The number of carbonyl (C=O) groups is 2. The van der Waals surface area contributed by atoms with Crippen LogP contribution in [0.2, 0.25) is 0 Å². The van der Waals surface area contributed by atoms with Crippen LogP contribution in [0.25, 0.3) is 0 Å². The molecule has 0 saturated carbocycles. The molecule has 0 unspecified atom stereocenters. The minimum atomic E-state index is -0.809. The number of aliphatic carboxylic acids is 1. The van der Waals surface area contributed by atoms with Crippen molar-refractivity contribution in [1.29, 1.82) is 5.26 Å². The molecule has 0 bridgehead atoms. The number of aryl methyl sites for hydroxylation is 1. The van der Waals surface area contributed by atoms with E-state index in [0.29, 0.717) is 24.2 Å². The van der Waals surface area contributed by atoms with Gasteiger partial charge < -0.3 is 20.8 Å². The number of benzene rings is 1. The Kier molecular flexibility index (Phi) is 7.85. The van der Waals surface area contributed by atoms with Gasteiger partial charge in [-0.25, -0.2) is 0 Å². The second kappa shape index (κ2) is 9.90. The molecule has 1 rings (SSSR count). The van der Waals surface area contributed by atoms with Gasteiger partial charge in [0, 0.05) is 24.9 Å². The van der Waals surface area contributed by atoms with Crippen molar-refractivity contribution >= 4 is 17.6 Å². The number of aromatic hydroxyl groups is 1. The van der Waals surface area contributed by atoms with Crippen LogP contribution in [0.1, 0.15) is 31.2 Å². The summed E-state index contributed by atoms with van der Waals surface area (Å²) in [6.07, 6.45) is 3.61. The van der Waals surface area contributed by atoms with E-state index in [1.807, 2.05) is 6.07 Å². The highest BCUT2D eigenvalue weighted by atomic mass is 16.4. The molecule has 0 aliphatic carbocycles. The molecule has 0 heterocycles. The third-order valence-corrected chi connectivity index (χ3v) is 3.28. The number of rotatable bonds is 9. The highest BCUT2D eigenvalue weighted by Crippen LogP contribution is 2.20. The maximum Gasteiger partial charge on any atom is 0.303 e. The molecule has 0 atom stereocenters. The average Bonchev–Trinajstić information content (AvgIpc) is 2.52. The molecule has 0 radical (unpaired) electrons. The van der Waals surface area contributed by atoms with Gasteiger partial charge in [0.1, 0.15) is 17.4 Å². The third kappa shape index (κ3) is 6.83. The van der Waals surface area contributed by atoms with Crippen LogP contribution in [0.4, 0.5) is 5.69 Å². The standard InChI is InChI=1S/C17H21N3O4/c1-12-9-14(21)6-7-15(12)20-17(24)13(10-18)11-19-8-4-2-3-5-16(22)23/h6-7,9,11,19,21H,2-5,8H2,1H3,(H,20,24)(H,22,23)/b13-11-. The summed E-state index contributed by atoms with van der Waals surface area (Å²) in [5.74, 6) is -1.24. The van der Waals surface area contributed by atoms with Gasteiger partial charge in [-0.15, -0.1) is 0 Å². The Balaban J connectivity index is 2.45. The smallest absolute Gasteiger partial charge is 0.303 e. The monoisotopic (exact) mass is 331 g/mol. The number of nitrogens with zero attached hydrogens (tertiary/aromatic N) is 1. The van der Waals surface area contributed by atoms with Gasteiger partial charge in [0.15, 0.2) is 0 Å². The Labute approximate surface area is 140 Å². The lowest BCUT2D eigenvalue weighted by Crippen LogP contribution is -2.17. The summed E-state index contributed by atoms with van der Waals surface area (Å²) in [5.41, 5.74) is 1.15. The molecule has 0 aromatic heterocycles. The average molecular weight is 331 g/mol. The highest BCUT2D eigenvalue weighted by Gasteiger charge is 2.10. The maximum atomic E-state index is 12.1. The van der Waals surface area contributed by atoms with E-state index in [1.165, 1.54) is 18.3 Å². The molecule has 0 spiro atoms. The van der Waals surface area contributed by atoms with E-state index >= 15 is 0 Å². The van der Waals surface area contributed by atoms with E-state index in [0.717, 1.165) is 12.8 Å². The number of anilines is 1. The molecular weight excluding hydrogens is 310 g/mol. The largest absolute Gasteiger partial charge is 0.508 e. The molecule has 7 nitrogen and oxygen atoms in total. The Morgan fingerprint density at radius 2 is 2.04 bits per heavy atom. The first kappa shape index (κ1) is 19.0. The van der Waals surface area contributed by atoms with Crippen molar-refractivity contribution in [1.82, 2.24) is 5.32 Å². The number of amides is 1.